The lowest BCUT2D eigenvalue weighted by Gasteiger charge is -2.16. The predicted octanol–water partition coefficient (Wildman–Crippen LogP) is 2.70. The fraction of sp³-hybridized carbons (Fsp3) is 0.529. The van der Waals surface area contributed by atoms with E-state index in [2.05, 4.69) is 15.6 Å². The molecule has 6 nitrogen and oxygen atoms in total. The van der Waals surface area contributed by atoms with Crippen molar-refractivity contribution in [2.24, 2.45) is 4.99 Å². The van der Waals surface area contributed by atoms with E-state index in [1.165, 1.54) is 4.90 Å². The van der Waals surface area contributed by atoms with Gasteiger partial charge in [0.25, 0.3) is 0 Å². The number of rotatable bonds is 7. The van der Waals surface area contributed by atoms with Crippen LogP contribution >= 0.6 is 24.0 Å². The summed E-state index contributed by atoms with van der Waals surface area (Å²) in [5, 5.41) is 5.98. The van der Waals surface area contributed by atoms with E-state index in [0.29, 0.717) is 24.5 Å². The number of amides is 1. The molecule has 0 bridgehead atoms. The minimum Gasteiger partial charge on any atom is -0.484 e. The first-order chi connectivity index (χ1) is 12.1. The molecule has 154 valence electrons. The molecule has 0 aliphatic rings. The van der Waals surface area contributed by atoms with Crippen LogP contribution in [0.2, 0.25) is 0 Å². The lowest BCUT2D eigenvalue weighted by molar-refractivity contribution is -0.153. The van der Waals surface area contributed by atoms with E-state index in [0.717, 1.165) is 5.56 Å². The molecule has 10 heteroatoms. The first kappa shape index (κ1) is 25.3. The molecular formula is C17H26F3IN4O2. The van der Waals surface area contributed by atoms with Gasteiger partial charge in [0.2, 0.25) is 5.91 Å². The minimum absolute atomic E-state index is 0. The second kappa shape index (κ2) is 11.9. The van der Waals surface area contributed by atoms with E-state index in [1.807, 2.05) is 0 Å². The molecule has 0 aliphatic carbocycles. The number of nitrogens with one attached hydrogen (secondary N) is 2. The fourth-order valence-corrected chi connectivity index (χ4v) is 2.01. The monoisotopic (exact) mass is 502 g/mol. The topological polar surface area (TPSA) is 66.0 Å². The van der Waals surface area contributed by atoms with Crippen LogP contribution < -0.4 is 15.4 Å². The second-order valence-electron chi connectivity index (χ2n) is 5.91. The Balaban J connectivity index is 0.00000676. The van der Waals surface area contributed by atoms with Crippen LogP contribution in [0.4, 0.5) is 13.2 Å². The van der Waals surface area contributed by atoms with Crippen LogP contribution in [-0.4, -0.2) is 57.2 Å². The van der Waals surface area contributed by atoms with Gasteiger partial charge in [0.1, 0.15) is 5.75 Å². The number of nitrogens with zero attached hydrogens (tertiary/aromatic N) is 2. The van der Waals surface area contributed by atoms with Crippen molar-refractivity contribution in [2.75, 3.05) is 34.3 Å². The molecule has 1 amide bonds. The summed E-state index contributed by atoms with van der Waals surface area (Å²) in [6.45, 7) is 1.06. The smallest absolute Gasteiger partial charge is 0.422 e. The summed E-state index contributed by atoms with van der Waals surface area (Å²) in [6, 6.07) is 5.06. The average Bonchev–Trinajstić information content (AvgIpc) is 2.56. The van der Waals surface area contributed by atoms with Crippen molar-refractivity contribution in [3.05, 3.63) is 29.3 Å². The Hall–Kier alpha value is -1.72. The fourth-order valence-electron chi connectivity index (χ4n) is 2.01. The van der Waals surface area contributed by atoms with Crippen LogP contribution in [0, 0.1) is 6.92 Å². The summed E-state index contributed by atoms with van der Waals surface area (Å²) in [4.78, 5) is 17.1. The van der Waals surface area contributed by atoms with E-state index >= 15 is 0 Å². The first-order valence-electron chi connectivity index (χ1n) is 8.06. The van der Waals surface area contributed by atoms with Gasteiger partial charge < -0.3 is 20.3 Å². The maximum atomic E-state index is 12.4. The van der Waals surface area contributed by atoms with Crippen LogP contribution in [0.15, 0.2) is 23.2 Å². The number of alkyl halides is 3. The molecule has 0 saturated heterocycles. The Labute approximate surface area is 174 Å². The van der Waals surface area contributed by atoms with Gasteiger partial charge in [-0.1, -0.05) is 12.1 Å². The number of carbonyl (C=O) groups excluding carboxylic acids is 1. The van der Waals surface area contributed by atoms with E-state index in [4.69, 9.17) is 4.74 Å². The zero-order valence-corrected chi connectivity index (χ0v) is 18.1. The molecule has 0 unspecified atom stereocenters. The van der Waals surface area contributed by atoms with Gasteiger partial charge in [-0.2, -0.15) is 13.2 Å². The van der Waals surface area contributed by atoms with Gasteiger partial charge in [-0.3, -0.25) is 9.79 Å². The second-order valence-corrected chi connectivity index (χ2v) is 5.91. The third kappa shape index (κ3) is 10.3. The zero-order chi connectivity index (χ0) is 19.7. The maximum absolute atomic E-state index is 12.4. The predicted molar refractivity (Wildman–Crippen MR) is 110 cm³/mol. The zero-order valence-electron chi connectivity index (χ0n) is 15.8. The third-order valence-electron chi connectivity index (χ3n) is 3.41. The van der Waals surface area contributed by atoms with Gasteiger partial charge in [-0.25, -0.2) is 0 Å². The summed E-state index contributed by atoms with van der Waals surface area (Å²) < 4.78 is 42.1. The Bertz CT molecular complexity index is 637. The summed E-state index contributed by atoms with van der Waals surface area (Å²) in [5.74, 6) is 0.598. The highest BCUT2D eigenvalue weighted by Crippen LogP contribution is 2.23. The van der Waals surface area contributed by atoms with Gasteiger partial charge in [-0.05, 0) is 18.6 Å². The van der Waals surface area contributed by atoms with Crippen LogP contribution in [0.25, 0.3) is 0 Å². The van der Waals surface area contributed by atoms with Crippen molar-refractivity contribution in [1.82, 2.24) is 15.5 Å². The number of aryl methyl sites for hydroxylation is 1. The molecule has 2 N–H and O–H groups in total. The van der Waals surface area contributed by atoms with Crippen molar-refractivity contribution in [1.29, 1.82) is 0 Å². The molecule has 1 rings (SSSR count). The van der Waals surface area contributed by atoms with Crippen molar-refractivity contribution in [2.45, 2.75) is 26.1 Å². The molecule has 1 aromatic carbocycles. The van der Waals surface area contributed by atoms with Gasteiger partial charge in [0, 0.05) is 46.2 Å². The molecule has 0 atom stereocenters. The number of hydrogen-bond acceptors (Lipinski definition) is 3. The molecule has 0 aliphatic heterocycles. The molecule has 0 radical (unpaired) electrons. The third-order valence-corrected chi connectivity index (χ3v) is 3.41. The molecule has 0 saturated carbocycles. The molecule has 0 spiro atoms. The van der Waals surface area contributed by atoms with E-state index < -0.39 is 12.8 Å². The van der Waals surface area contributed by atoms with Crippen LogP contribution in [0.1, 0.15) is 17.5 Å². The number of carbonyl (C=O) groups is 1. The summed E-state index contributed by atoms with van der Waals surface area (Å²) >= 11 is 0. The standard InChI is InChI=1S/C17H25F3N4O2.HI/c1-12-5-6-13(14(9-12)26-11-17(18,19)20)10-23-16(21-2)22-8-7-15(25)24(3)4;/h5-6,9H,7-8,10-11H2,1-4H3,(H2,21,22,23);1H. The number of guanidine groups is 1. The Morgan fingerprint density at radius 3 is 2.48 bits per heavy atom. The largest absolute Gasteiger partial charge is 0.484 e. The minimum atomic E-state index is -4.40. The summed E-state index contributed by atoms with van der Waals surface area (Å²) in [7, 11) is 4.92. The van der Waals surface area contributed by atoms with Crippen molar-refractivity contribution < 1.29 is 22.7 Å². The Morgan fingerprint density at radius 2 is 1.93 bits per heavy atom. The number of aliphatic imine (C=N–C) groups is 1. The SMILES string of the molecule is CN=C(NCCC(=O)N(C)C)NCc1ccc(C)cc1OCC(F)(F)F.I. The van der Waals surface area contributed by atoms with Gasteiger partial charge >= 0.3 is 6.18 Å². The first-order valence-corrected chi connectivity index (χ1v) is 8.06. The summed E-state index contributed by atoms with van der Waals surface area (Å²) in [5.41, 5.74) is 1.38. The van der Waals surface area contributed by atoms with E-state index in [-0.39, 0.29) is 42.2 Å². The molecule has 1 aromatic rings. The molecular weight excluding hydrogens is 476 g/mol. The van der Waals surface area contributed by atoms with Gasteiger partial charge in [0.15, 0.2) is 12.6 Å². The molecule has 0 heterocycles. The molecule has 0 fully saturated rings. The Kier molecular flexibility index (Phi) is 11.1. The van der Waals surface area contributed by atoms with Gasteiger partial charge in [0.05, 0.1) is 0 Å². The van der Waals surface area contributed by atoms with Crippen LogP contribution in [-0.2, 0) is 11.3 Å². The number of halogens is 4. The Morgan fingerprint density at radius 1 is 1.26 bits per heavy atom. The lowest BCUT2D eigenvalue weighted by Crippen LogP contribution is -2.38. The van der Waals surface area contributed by atoms with Crippen LogP contribution in [0.3, 0.4) is 0 Å². The van der Waals surface area contributed by atoms with Gasteiger partial charge in [-0.15, -0.1) is 24.0 Å². The highest BCUT2D eigenvalue weighted by atomic mass is 127. The molecule has 27 heavy (non-hydrogen) atoms. The van der Waals surface area contributed by atoms with Crippen molar-refractivity contribution in [3.8, 4) is 5.75 Å². The average molecular weight is 502 g/mol. The lowest BCUT2D eigenvalue weighted by atomic mass is 10.1. The normalized spacial score (nSPS) is 11.4. The van der Waals surface area contributed by atoms with E-state index in [9.17, 15) is 18.0 Å². The number of benzene rings is 1. The molecule has 0 aromatic heterocycles. The van der Waals surface area contributed by atoms with Crippen LogP contribution in [0.5, 0.6) is 5.75 Å². The highest BCUT2D eigenvalue weighted by Gasteiger charge is 2.28. The van der Waals surface area contributed by atoms with Crippen molar-refractivity contribution in [3.63, 3.8) is 0 Å². The number of hydrogen-bond donors (Lipinski definition) is 2. The van der Waals surface area contributed by atoms with Crippen molar-refractivity contribution >= 4 is 35.8 Å². The van der Waals surface area contributed by atoms with E-state index in [1.54, 1.807) is 46.3 Å². The highest BCUT2D eigenvalue weighted by molar-refractivity contribution is 14.0. The maximum Gasteiger partial charge on any atom is 0.422 e. The quantitative estimate of drug-likeness (QED) is 0.342. The number of ether oxygens (including phenoxy) is 1. The summed E-state index contributed by atoms with van der Waals surface area (Å²) in [6.07, 6.45) is -4.09.